The molecule has 0 fully saturated rings. The van der Waals surface area contributed by atoms with E-state index in [0.29, 0.717) is 17.2 Å². The van der Waals surface area contributed by atoms with Crippen LogP contribution in [0.2, 0.25) is 0 Å². The Morgan fingerprint density at radius 2 is 1.76 bits per heavy atom. The fourth-order valence-corrected chi connectivity index (χ4v) is 5.23. The molecule has 0 unspecified atom stereocenters. The van der Waals surface area contributed by atoms with E-state index >= 15 is 0 Å². The summed E-state index contributed by atoms with van der Waals surface area (Å²) in [5.74, 6) is 1.52. The van der Waals surface area contributed by atoms with E-state index in [2.05, 4.69) is 16.9 Å². The molecule has 0 aliphatic carbocycles. The van der Waals surface area contributed by atoms with Gasteiger partial charge in [-0.05, 0) is 43.0 Å². The third kappa shape index (κ3) is 6.58. The van der Waals surface area contributed by atoms with Crippen molar-refractivity contribution >= 4 is 50.4 Å². The number of nitrogens with zero attached hydrogens (tertiary/aromatic N) is 3. The standard InChI is InChI=1S/C22H27B2N5O3S2/c1-5-6-15-18(22(23,24)34-20-27-16(25)10-17(26)28-20)29-19(33-15)12-7-8-13(31-4)14(9-12)32-11-21(2,3)30/h7-10,30H,5-6,11H2,1-4H3,(H4,25,26,27,28). The van der Waals surface area contributed by atoms with Gasteiger partial charge in [0.1, 0.15) is 23.3 Å². The Morgan fingerprint density at radius 1 is 1.09 bits per heavy atom. The average Bonchev–Trinajstić information content (AvgIpc) is 3.15. The normalized spacial score (nSPS) is 12.0. The zero-order chi connectivity index (χ0) is 25.1. The van der Waals surface area contributed by atoms with Gasteiger partial charge in [-0.2, -0.15) is 0 Å². The molecule has 3 aromatic rings. The van der Waals surface area contributed by atoms with Crippen LogP contribution in [0, 0.1) is 0 Å². The summed E-state index contributed by atoms with van der Waals surface area (Å²) in [6, 6.07) is 6.97. The molecule has 34 heavy (non-hydrogen) atoms. The van der Waals surface area contributed by atoms with E-state index in [0.717, 1.165) is 40.1 Å². The fourth-order valence-electron chi connectivity index (χ4n) is 3.06. The first kappa shape index (κ1) is 26.2. The van der Waals surface area contributed by atoms with Crippen LogP contribution < -0.4 is 20.9 Å². The lowest BCUT2D eigenvalue weighted by atomic mass is 9.67. The molecule has 1 aromatic carbocycles. The summed E-state index contributed by atoms with van der Waals surface area (Å²) >= 11 is 2.55. The predicted octanol–water partition coefficient (Wildman–Crippen LogP) is 3.11. The second-order valence-corrected chi connectivity index (χ2v) is 10.7. The maximum absolute atomic E-state index is 10.0. The minimum absolute atomic E-state index is 0.103. The summed E-state index contributed by atoms with van der Waals surface area (Å²) in [6.45, 7) is 5.52. The number of hydrogen-bond donors (Lipinski definition) is 3. The van der Waals surface area contributed by atoms with Crippen molar-refractivity contribution in [2.24, 2.45) is 0 Å². The van der Waals surface area contributed by atoms with E-state index in [1.165, 1.54) is 17.4 Å². The number of hydrogen-bond acceptors (Lipinski definition) is 10. The molecule has 0 spiro atoms. The van der Waals surface area contributed by atoms with Crippen molar-refractivity contribution in [1.82, 2.24) is 15.0 Å². The van der Waals surface area contributed by atoms with E-state index in [4.69, 9.17) is 41.6 Å². The molecule has 0 aliphatic rings. The maximum Gasteiger partial charge on any atom is 0.190 e. The number of aryl methyl sites for hydroxylation is 1. The number of nitrogens with two attached hydrogens (primary N) is 2. The minimum Gasteiger partial charge on any atom is -0.493 e. The van der Waals surface area contributed by atoms with Gasteiger partial charge in [-0.1, -0.05) is 25.1 Å². The number of rotatable bonds is 10. The van der Waals surface area contributed by atoms with Crippen molar-refractivity contribution in [3.63, 3.8) is 0 Å². The van der Waals surface area contributed by atoms with Crippen LogP contribution in [0.15, 0.2) is 29.4 Å². The molecule has 0 saturated heterocycles. The minimum atomic E-state index is -1.41. The van der Waals surface area contributed by atoms with Gasteiger partial charge in [-0.3, -0.25) is 0 Å². The predicted molar refractivity (Wildman–Crippen MR) is 140 cm³/mol. The van der Waals surface area contributed by atoms with Crippen LogP contribution in [-0.2, 0) is 11.0 Å². The smallest absolute Gasteiger partial charge is 0.190 e. The quantitative estimate of drug-likeness (QED) is 0.221. The first-order valence-electron chi connectivity index (χ1n) is 10.6. The molecule has 4 radical (unpaired) electrons. The average molecular weight is 495 g/mol. The van der Waals surface area contributed by atoms with Crippen molar-refractivity contribution in [2.75, 3.05) is 25.2 Å². The Bertz CT molecular complexity index is 1130. The third-order valence-electron chi connectivity index (χ3n) is 4.54. The number of ether oxygens (including phenoxy) is 2. The van der Waals surface area contributed by atoms with Crippen LogP contribution in [0.4, 0.5) is 11.6 Å². The monoisotopic (exact) mass is 495 g/mol. The van der Waals surface area contributed by atoms with Crippen LogP contribution >= 0.6 is 23.1 Å². The highest BCUT2D eigenvalue weighted by Crippen LogP contribution is 2.42. The van der Waals surface area contributed by atoms with Crippen LogP contribution in [0.3, 0.4) is 0 Å². The maximum atomic E-state index is 10.0. The summed E-state index contributed by atoms with van der Waals surface area (Å²) < 4.78 is 9.81. The second-order valence-electron chi connectivity index (χ2n) is 8.40. The highest BCUT2D eigenvalue weighted by atomic mass is 32.2. The second kappa shape index (κ2) is 10.5. The van der Waals surface area contributed by atoms with E-state index < -0.39 is 10.1 Å². The molecule has 8 nitrogen and oxygen atoms in total. The summed E-state index contributed by atoms with van der Waals surface area (Å²) in [5, 5.41) is 11.0. The third-order valence-corrected chi connectivity index (χ3v) is 6.60. The molecule has 0 amide bonds. The fraction of sp³-hybridized carbons (Fsp3) is 0.409. The van der Waals surface area contributed by atoms with Crippen molar-refractivity contribution in [2.45, 2.75) is 48.9 Å². The van der Waals surface area contributed by atoms with Crippen molar-refractivity contribution in [3.8, 4) is 22.1 Å². The van der Waals surface area contributed by atoms with Crippen molar-refractivity contribution < 1.29 is 14.6 Å². The Morgan fingerprint density at radius 3 is 2.35 bits per heavy atom. The number of thioether (sulfide) groups is 1. The van der Waals surface area contributed by atoms with Crippen LogP contribution in [0.1, 0.15) is 37.8 Å². The Kier molecular flexibility index (Phi) is 8.05. The summed E-state index contributed by atoms with van der Waals surface area (Å²) in [7, 11) is 14.6. The summed E-state index contributed by atoms with van der Waals surface area (Å²) in [4.78, 5) is 14.1. The number of thiazole rings is 1. The van der Waals surface area contributed by atoms with Gasteiger partial charge in [0, 0.05) is 16.5 Å². The van der Waals surface area contributed by atoms with E-state index in [-0.39, 0.29) is 23.4 Å². The molecule has 3 rings (SSSR count). The Hall–Kier alpha value is -2.43. The SMILES string of the molecule is [B]C([B])(Sc1nc(N)cc(N)n1)c1nc(-c2ccc(OC)c(OCC(C)(C)O)c2)sc1CCC. The number of benzene rings is 1. The van der Waals surface area contributed by atoms with E-state index in [1.54, 1.807) is 27.0 Å². The van der Waals surface area contributed by atoms with Gasteiger partial charge in [0.2, 0.25) is 0 Å². The first-order chi connectivity index (χ1) is 15.9. The largest absolute Gasteiger partial charge is 0.493 e. The van der Waals surface area contributed by atoms with Crippen molar-refractivity contribution in [3.05, 3.63) is 34.8 Å². The molecule has 2 heterocycles. The molecule has 0 aliphatic heterocycles. The molecule has 0 bridgehead atoms. The lowest BCUT2D eigenvalue weighted by Gasteiger charge is -2.23. The van der Waals surface area contributed by atoms with Gasteiger partial charge in [-0.15, -0.1) is 11.3 Å². The van der Waals surface area contributed by atoms with Gasteiger partial charge in [-0.25, -0.2) is 15.0 Å². The molecule has 0 atom stereocenters. The van der Waals surface area contributed by atoms with Gasteiger partial charge in [0.25, 0.3) is 0 Å². The van der Waals surface area contributed by atoms with E-state index in [9.17, 15) is 5.11 Å². The molecule has 2 aromatic heterocycles. The zero-order valence-corrected chi connectivity index (χ0v) is 21.3. The number of aromatic nitrogens is 3. The number of anilines is 2. The highest BCUT2D eigenvalue weighted by molar-refractivity contribution is 8.02. The van der Waals surface area contributed by atoms with Crippen LogP contribution in [-0.4, -0.2) is 55.1 Å². The van der Waals surface area contributed by atoms with E-state index in [1.807, 2.05) is 12.1 Å². The van der Waals surface area contributed by atoms with Crippen molar-refractivity contribution in [1.29, 1.82) is 0 Å². The zero-order valence-electron chi connectivity index (χ0n) is 19.7. The molecular weight excluding hydrogens is 468 g/mol. The van der Waals surface area contributed by atoms with Gasteiger partial charge in [0.05, 0.1) is 34.1 Å². The van der Waals surface area contributed by atoms with Crippen LogP contribution in [0.25, 0.3) is 10.6 Å². The van der Waals surface area contributed by atoms with Crippen LogP contribution in [0.5, 0.6) is 11.5 Å². The lowest BCUT2D eigenvalue weighted by Crippen LogP contribution is -2.28. The Balaban J connectivity index is 1.98. The molecule has 0 saturated carbocycles. The number of methoxy groups -OCH3 is 1. The van der Waals surface area contributed by atoms with Gasteiger partial charge < -0.3 is 26.0 Å². The summed E-state index contributed by atoms with van der Waals surface area (Å²) in [6.07, 6.45) is 1.64. The highest BCUT2D eigenvalue weighted by Gasteiger charge is 2.30. The first-order valence-corrected chi connectivity index (χ1v) is 12.3. The summed E-state index contributed by atoms with van der Waals surface area (Å²) in [5.41, 5.74) is 11.9. The van der Waals surface area contributed by atoms with Gasteiger partial charge in [0.15, 0.2) is 16.7 Å². The molecule has 5 N–H and O–H groups in total. The molecule has 12 heteroatoms. The number of aliphatic hydroxyl groups is 1. The Labute approximate surface area is 210 Å². The number of nitrogen functional groups attached to an aromatic ring is 2. The topological polar surface area (TPSA) is 129 Å². The lowest BCUT2D eigenvalue weighted by molar-refractivity contribution is 0.0276. The molecule has 176 valence electrons. The van der Waals surface area contributed by atoms with Gasteiger partial charge >= 0.3 is 0 Å². The molecular formula is C22H27B2N5O3S2.